The molecule has 1 saturated heterocycles. The Hall–Kier alpha value is -2.67. The molecule has 2 aromatic heterocycles. The number of rotatable bonds is 5. The highest BCUT2D eigenvalue weighted by Gasteiger charge is 2.27. The third-order valence-corrected chi connectivity index (χ3v) is 5.04. The second-order valence-electron chi connectivity index (χ2n) is 7.03. The largest absolute Gasteiger partial charge is 0.356 e. The molecule has 3 heterocycles. The molecule has 0 aliphatic carbocycles. The Labute approximate surface area is 207 Å². The number of hydrogen-bond acceptors (Lipinski definition) is 6. The summed E-state index contributed by atoms with van der Waals surface area (Å²) in [5.74, 6) is 1.49. The zero-order chi connectivity index (χ0) is 21.8. The fourth-order valence-corrected chi connectivity index (χ4v) is 3.40. The Morgan fingerprint density at radius 3 is 2.72 bits per heavy atom. The molecule has 0 radical (unpaired) electrons. The van der Waals surface area contributed by atoms with E-state index in [1.54, 1.807) is 27.9 Å². The molecule has 4 rings (SSSR count). The Bertz CT molecular complexity index is 1080. The molecule has 32 heavy (non-hydrogen) atoms. The first-order chi connectivity index (χ1) is 15.0. The molecule has 1 aliphatic heterocycles. The van der Waals surface area contributed by atoms with Crippen LogP contribution in [0.5, 0.6) is 0 Å². The number of carbonyl (C=O) groups excluding carboxylic acids is 1. The second kappa shape index (κ2) is 10.8. The summed E-state index contributed by atoms with van der Waals surface area (Å²) in [6.07, 6.45) is 3.53. The van der Waals surface area contributed by atoms with Crippen molar-refractivity contribution in [2.24, 2.45) is 12.0 Å². The molecule has 12 heteroatoms. The molecule has 1 aromatic carbocycles. The van der Waals surface area contributed by atoms with Crippen LogP contribution in [0.1, 0.15) is 12.8 Å². The molecular weight excluding hydrogens is 547 g/mol. The van der Waals surface area contributed by atoms with Crippen molar-refractivity contribution in [2.45, 2.75) is 13.5 Å². The van der Waals surface area contributed by atoms with Crippen molar-refractivity contribution in [1.82, 2.24) is 30.1 Å². The van der Waals surface area contributed by atoms with E-state index in [9.17, 15) is 4.79 Å². The van der Waals surface area contributed by atoms with Gasteiger partial charge in [0.2, 0.25) is 17.6 Å². The smallest absolute Gasteiger partial charge is 0.248 e. The summed E-state index contributed by atoms with van der Waals surface area (Å²) in [6.45, 7) is 4.29. The van der Waals surface area contributed by atoms with Crippen molar-refractivity contribution in [2.75, 3.05) is 31.1 Å². The van der Waals surface area contributed by atoms with Gasteiger partial charge in [-0.3, -0.25) is 9.48 Å². The lowest BCUT2D eigenvalue weighted by Crippen LogP contribution is -2.55. The van der Waals surface area contributed by atoms with E-state index in [4.69, 9.17) is 16.1 Å². The van der Waals surface area contributed by atoms with E-state index < -0.39 is 0 Å². The predicted octanol–water partition coefficient (Wildman–Crippen LogP) is 2.56. The number of halogens is 2. The maximum atomic E-state index is 12.7. The lowest BCUT2D eigenvalue weighted by atomic mass is 10.2. The zero-order valence-electron chi connectivity index (χ0n) is 17.7. The second-order valence-corrected chi connectivity index (χ2v) is 7.46. The molecular formula is C20H24ClIN8O2. The molecule has 170 valence electrons. The van der Waals surface area contributed by atoms with Gasteiger partial charge >= 0.3 is 0 Å². The summed E-state index contributed by atoms with van der Waals surface area (Å²) >= 11 is 5.92. The molecule has 0 bridgehead atoms. The van der Waals surface area contributed by atoms with E-state index in [2.05, 4.69) is 25.5 Å². The third-order valence-electron chi connectivity index (χ3n) is 4.79. The number of anilines is 1. The van der Waals surface area contributed by atoms with Crippen molar-refractivity contribution >= 4 is 53.1 Å². The first-order valence-corrected chi connectivity index (χ1v) is 10.3. The van der Waals surface area contributed by atoms with Crippen LogP contribution in [0.3, 0.4) is 0 Å². The number of nitrogens with one attached hydrogen (secondary N) is 1. The average Bonchev–Trinajstić information content (AvgIpc) is 3.41. The van der Waals surface area contributed by atoms with Crippen LogP contribution in [-0.2, 0) is 18.4 Å². The van der Waals surface area contributed by atoms with Crippen LogP contribution in [-0.4, -0.2) is 62.9 Å². The van der Waals surface area contributed by atoms with E-state index in [1.165, 1.54) is 0 Å². The molecule has 3 aromatic rings. The summed E-state index contributed by atoms with van der Waals surface area (Å²) in [6, 6.07) is 7.21. The summed E-state index contributed by atoms with van der Waals surface area (Å²) in [5.41, 5.74) is 1.61. The third kappa shape index (κ3) is 5.57. The Balaban J connectivity index is 0.00000289. The van der Waals surface area contributed by atoms with E-state index in [-0.39, 0.29) is 43.0 Å². The number of aryl methyl sites for hydroxylation is 1. The monoisotopic (exact) mass is 570 g/mol. The summed E-state index contributed by atoms with van der Waals surface area (Å²) in [4.78, 5) is 25.4. The molecule has 1 N–H and O–H groups in total. The van der Waals surface area contributed by atoms with E-state index >= 15 is 0 Å². The Kier molecular flexibility index (Phi) is 8.07. The van der Waals surface area contributed by atoms with Gasteiger partial charge in [-0.25, -0.2) is 4.99 Å². The summed E-state index contributed by atoms with van der Waals surface area (Å²) < 4.78 is 7.02. The van der Waals surface area contributed by atoms with Crippen LogP contribution in [0.15, 0.2) is 46.2 Å². The fourth-order valence-electron chi connectivity index (χ4n) is 3.28. The van der Waals surface area contributed by atoms with Gasteiger partial charge < -0.3 is 19.6 Å². The number of amides is 1. The van der Waals surface area contributed by atoms with Crippen molar-refractivity contribution in [3.63, 3.8) is 0 Å². The van der Waals surface area contributed by atoms with Gasteiger partial charge in [-0.1, -0.05) is 16.8 Å². The number of nitrogens with zero attached hydrogens (tertiary/aromatic N) is 7. The number of benzene rings is 1. The lowest BCUT2D eigenvalue weighted by molar-refractivity contribution is -0.120. The highest BCUT2D eigenvalue weighted by atomic mass is 127. The van der Waals surface area contributed by atoms with Crippen LogP contribution in [0.4, 0.5) is 5.69 Å². The standard InChI is InChI=1S/C20H23ClN8O2.HI/c1-3-22-20(28-8-9-29(18(30)13-28)16-10-24-27(2)12-16)23-11-17-25-19(26-31-17)14-4-6-15(21)7-5-14;/h4-7,10,12H,3,8-9,11,13H2,1-2H3,(H,22,23);1H. The predicted molar refractivity (Wildman–Crippen MR) is 132 cm³/mol. The highest BCUT2D eigenvalue weighted by Crippen LogP contribution is 2.19. The minimum Gasteiger partial charge on any atom is -0.356 e. The minimum atomic E-state index is -0.00679. The molecule has 0 saturated carbocycles. The Morgan fingerprint density at radius 2 is 2.06 bits per heavy atom. The van der Waals surface area contributed by atoms with Gasteiger partial charge in [0.25, 0.3) is 0 Å². The van der Waals surface area contributed by atoms with Crippen LogP contribution in [0, 0.1) is 0 Å². The fraction of sp³-hybridized carbons (Fsp3) is 0.350. The van der Waals surface area contributed by atoms with Gasteiger partial charge in [0.15, 0.2) is 5.96 Å². The van der Waals surface area contributed by atoms with Gasteiger partial charge in [0.1, 0.15) is 13.1 Å². The van der Waals surface area contributed by atoms with Gasteiger partial charge in [0, 0.05) is 43.5 Å². The molecule has 0 atom stereocenters. The van der Waals surface area contributed by atoms with Crippen molar-refractivity contribution in [1.29, 1.82) is 0 Å². The number of piperazine rings is 1. The first kappa shape index (κ1) is 24.0. The first-order valence-electron chi connectivity index (χ1n) is 9.94. The maximum absolute atomic E-state index is 12.7. The lowest BCUT2D eigenvalue weighted by Gasteiger charge is -2.35. The van der Waals surface area contributed by atoms with Gasteiger partial charge in [0.05, 0.1) is 11.9 Å². The van der Waals surface area contributed by atoms with Crippen molar-refractivity contribution in [3.05, 3.63) is 47.6 Å². The normalized spacial score (nSPS) is 14.5. The number of guanidine groups is 1. The number of aliphatic imine (C=N–C) groups is 1. The van der Waals surface area contributed by atoms with Crippen LogP contribution < -0.4 is 10.2 Å². The van der Waals surface area contributed by atoms with Gasteiger partial charge in [-0.2, -0.15) is 10.1 Å². The van der Waals surface area contributed by atoms with Gasteiger partial charge in [-0.05, 0) is 31.2 Å². The number of carbonyl (C=O) groups is 1. The quantitative estimate of drug-likeness (QED) is 0.286. The average molecular weight is 571 g/mol. The summed E-state index contributed by atoms with van der Waals surface area (Å²) in [7, 11) is 1.83. The molecule has 0 unspecified atom stereocenters. The SMILES string of the molecule is CCNC(=NCc1nc(-c2ccc(Cl)cc2)no1)N1CCN(c2cnn(C)c2)C(=O)C1.I. The minimum absolute atomic E-state index is 0. The van der Waals surface area contributed by atoms with Gasteiger partial charge in [-0.15, -0.1) is 24.0 Å². The van der Waals surface area contributed by atoms with E-state index in [1.807, 2.05) is 37.2 Å². The summed E-state index contributed by atoms with van der Waals surface area (Å²) in [5, 5.41) is 12.0. The number of aromatic nitrogens is 4. The topological polar surface area (TPSA) is 105 Å². The van der Waals surface area contributed by atoms with Crippen LogP contribution in [0.2, 0.25) is 5.02 Å². The van der Waals surface area contributed by atoms with Crippen LogP contribution in [0.25, 0.3) is 11.4 Å². The van der Waals surface area contributed by atoms with E-state index in [0.29, 0.717) is 42.3 Å². The zero-order valence-corrected chi connectivity index (χ0v) is 20.8. The van der Waals surface area contributed by atoms with Crippen molar-refractivity contribution in [3.8, 4) is 11.4 Å². The number of hydrogen-bond donors (Lipinski definition) is 1. The molecule has 1 aliphatic rings. The highest BCUT2D eigenvalue weighted by molar-refractivity contribution is 14.0. The van der Waals surface area contributed by atoms with E-state index in [0.717, 1.165) is 11.3 Å². The van der Waals surface area contributed by atoms with Crippen LogP contribution >= 0.6 is 35.6 Å². The molecule has 1 fully saturated rings. The molecule has 1 amide bonds. The molecule has 10 nitrogen and oxygen atoms in total. The van der Waals surface area contributed by atoms with Crippen molar-refractivity contribution < 1.29 is 9.32 Å². The Morgan fingerprint density at radius 1 is 1.28 bits per heavy atom. The maximum Gasteiger partial charge on any atom is 0.248 e. The molecule has 0 spiro atoms.